The lowest BCUT2D eigenvalue weighted by Gasteiger charge is -2.47. The van der Waals surface area contributed by atoms with Crippen LogP contribution in [0.4, 0.5) is 18.9 Å². The smallest absolute Gasteiger partial charge is 0.255 e. The van der Waals surface area contributed by atoms with Crippen LogP contribution in [0.2, 0.25) is 5.02 Å². The Balaban J connectivity index is 1.49. The van der Waals surface area contributed by atoms with Gasteiger partial charge < -0.3 is 21.5 Å². The van der Waals surface area contributed by atoms with Gasteiger partial charge >= 0.3 is 0 Å². The second-order valence-electron chi connectivity index (χ2n) is 11.5. The third kappa shape index (κ3) is 7.51. The fourth-order valence-corrected chi connectivity index (χ4v) is 8.36. The number of rotatable bonds is 10. The molecule has 0 bridgehead atoms. The molecule has 2 amide bonds. The highest BCUT2D eigenvalue weighted by molar-refractivity contribution is 7.92. The number of hydrogen-bond acceptors (Lipinski definition) is 6. The molecular weight excluding hydrogens is 631 g/mol. The highest BCUT2D eigenvalue weighted by Gasteiger charge is 2.50. The van der Waals surface area contributed by atoms with Crippen molar-refractivity contribution >= 4 is 38.9 Å². The Morgan fingerprint density at radius 2 is 1.71 bits per heavy atom. The van der Waals surface area contributed by atoms with Gasteiger partial charge in [0.15, 0.2) is 27.3 Å². The number of benzene rings is 3. The number of nitrogens with two attached hydrogens (primary N) is 1. The highest BCUT2D eigenvalue weighted by Crippen LogP contribution is 2.44. The number of carbonyl (C=O) groups excluding carboxylic acids is 2. The van der Waals surface area contributed by atoms with E-state index in [4.69, 9.17) is 17.3 Å². The Kier molecular flexibility index (Phi) is 10.6. The number of anilines is 1. The summed E-state index contributed by atoms with van der Waals surface area (Å²) in [5.74, 6) is -7.10. The summed E-state index contributed by atoms with van der Waals surface area (Å²) >= 11 is 6.30. The Labute approximate surface area is 265 Å². The minimum absolute atomic E-state index is 0.0438. The molecule has 0 aromatic heterocycles. The van der Waals surface area contributed by atoms with Gasteiger partial charge in [-0.25, -0.2) is 21.6 Å². The maximum absolute atomic E-state index is 13.9. The summed E-state index contributed by atoms with van der Waals surface area (Å²) in [5.41, 5.74) is 5.06. The van der Waals surface area contributed by atoms with Gasteiger partial charge in [-0.15, -0.1) is 0 Å². The molecule has 0 saturated heterocycles. The molecule has 242 valence electrons. The number of carbonyl (C=O) groups is 2. The van der Waals surface area contributed by atoms with Gasteiger partial charge in [-0.1, -0.05) is 62.2 Å². The fourth-order valence-electron chi connectivity index (χ4n) is 5.90. The average Bonchev–Trinajstić information content (AvgIpc) is 3.00. The van der Waals surface area contributed by atoms with Crippen molar-refractivity contribution in [1.82, 2.24) is 5.32 Å². The van der Waals surface area contributed by atoms with Crippen molar-refractivity contribution in [1.29, 1.82) is 0 Å². The van der Waals surface area contributed by atoms with E-state index in [0.717, 1.165) is 11.6 Å². The average molecular weight is 666 g/mol. The van der Waals surface area contributed by atoms with Crippen molar-refractivity contribution in [2.24, 2.45) is 17.6 Å². The first-order valence-electron chi connectivity index (χ1n) is 14.5. The largest absolute Gasteiger partial charge is 0.387 e. The lowest BCUT2D eigenvalue weighted by Crippen LogP contribution is -2.59. The van der Waals surface area contributed by atoms with Crippen LogP contribution in [0.3, 0.4) is 0 Å². The van der Waals surface area contributed by atoms with Crippen molar-refractivity contribution in [3.8, 4) is 0 Å². The van der Waals surface area contributed by atoms with Crippen molar-refractivity contribution in [3.63, 3.8) is 0 Å². The zero-order valence-electron chi connectivity index (χ0n) is 24.7. The van der Waals surface area contributed by atoms with Gasteiger partial charge in [0.1, 0.15) is 0 Å². The molecule has 13 heteroatoms. The number of halogens is 4. The van der Waals surface area contributed by atoms with E-state index < -0.39 is 67.8 Å². The lowest BCUT2D eigenvalue weighted by molar-refractivity contribution is -0.127. The topological polar surface area (TPSA) is 139 Å². The van der Waals surface area contributed by atoms with E-state index in [2.05, 4.69) is 10.6 Å². The van der Waals surface area contributed by atoms with Crippen LogP contribution in [0.25, 0.3) is 0 Å². The predicted octanol–water partition coefficient (Wildman–Crippen LogP) is 5.03. The van der Waals surface area contributed by atoms with Crippen molar-refractivity contribution < 1.29 is 36.3 Å². The van der Waals surface area contributed by atoms with Crippen molar-refractivity contribution in [3.05, 3.63) is 94.3 Å². The summed E-state index contributed by atoms with van der Waals surface area (Å²) in [4.78, 5) is 25.3. The predicted molar refractivity (Wildman–Crippen MR) is 165 cm³/mol. The number of amides is 2. The standard InChI is InChI=1S/C32H35ClF3N3O5S/c1-3-21-14-23(11-18(2)32(21,42)17-38-31(41)27(37)12-19-7-5-4-6-8-19)45(43,44)28-13-20(9-10-24(28)33)30(40)39-22-15-25(34)29(36)26(35)16-22/h4-10,13,15-16,18,21,23,27,42H,3,11-12,14,17,37H2,1-2H3,(H,38,41)(H,39,40)/t18-,21?,23-,27-,32-/m0/s1. The maximum atomic E-state index is 13.9. The van der Waals surface area contributed by atoms with Gasteiger partial charge in [0.05, 0.1) is 26.8 Å². The summed E-state index contributed by atoms with van der Waals surface area (Å²) in [6, 6.07) is 13.2. The number of nitrogens with one attached hydrogen (secondary N) is 2. The van der Waals surface area contributed by atoms with Gasteiger partial charge in [0.2, 0.25) is 5.91 Å². The molecule has 5 N–H and O–H groups in total. The Bertz CT molecular complexity index is 1650. The SMILES string of the molecule is CCC1C[C@@H](S(=O)(=O)c2cc(C(=O)Nc3cc(F)c(F)c(F)c3)ccc2Cl)C[C@H](C)[C@@]1(O)CNC(=O)[C@@H](N)Cc1ccccc1. The van der Waals surface area contributed by atoms with Crippen LogP contribution >= 0.6 is 11.6 Å². The van der Waals surface area contributed by atoms with E-state index in [1.54, 1.807) is 6.92 Å². The van der Waals surface area contributed by atoms with Crippen LogP contribution in [0.1, 0.15) is 49.0 Å². The summed E-state index contributed by atoms with van der Waals surface area (Å²) in [6.45, 7) is 3.42. The molecule has 8 nitrogen and oxygen atoms in total. The minimum Gasteiger partial charge on any atom is -0.387 e. The molecule has 0 aliphatic heterocycles. The van der Waals surface area contributed by atoms with Crippen molar-refractivity contribution in [2.45, 2.75) is 61.3 Å². The van der Waals surface area contributed by atoms with Crippen LogP contribution in [0.5, 0.6) is 0 Å². The quantitative estimate of drug-likeness (QED) is 0.224. The first-order valence-corrected chi connectivity index (χ1v) is 16.4. The molecule has 45 heavy (non-hydrogen) atoms. The van der Waals surface area contributed by atoms with Gasteiger partial charge in [0.25, 0.3) is 5.91 Å². The molecule has 5 atom stereocenters. The molecular formula is C32H35ClF3N3O5S. The molecule has 3 aromatic rings. The van der Waals surface area contributed by atoms with Gasteiger partial charge in [-0.2, -0.15) is 0 Å². The third-order valence-electron chi connectivity index (χ3n) is 8.58. The molecule has 1 aliphatic rings. The molecule has 0 spiro atoms. The Hall–Kier alpha value is -3.45. The van der Waals surface area contributed by atoms with Crippen LogP contribution in [0.15, 0.2) is 65.6 Å². The van der Waals surface area contributed by atoms with E-state index in [0.29, 0.717) is 25.0 Å². The van der Waals surface area contributed by atoms with Crippen molar-refractivity contribution in [2.75, 3.05) is 11.9 Å². The Morgan fingerprint density at radius 3 is 2.33 bits per heavy atom. The molecule has 0 radical (unpaired) electrons. The second-order valence-corrected chi connectivity index (χ2v) is 14.1. The molecule has 4 rings (SSSR count). The zero-order chi connectivity index (χ0) is 33.1. The summed E-state index contributed by atoms with van der Waals surface area (Å²) < 4.78 is 68.3. The van der Waals surface area contributed by atoms with E-state index in [-0.39, 0.29) is 40.6 Å². The monoisotopic (exact) mass is 665 g/mol. The number of aliphatic hydroxyl groups is 1. The molecule has 0 heterocycles. The van der Waals surface area contributed by atoms with Crippen LogP contribution < -0.4 is 16.4 Å². The summed E-state index contributed by atoms with van der Waals surface area (Å²) in [5, 5.41) is 15.6. The Morgan fingerprint density at radius 1 is 1.07 bits per heavy atom. The normalized spacial score (nSPS) is 22.4. The molecule has 1 aliphatic carbocycles. The van der Waals surface area contributed by atoms with E-state index in [9.17, 15) is 36.3 Å². The van der Waals surface area contributed by atoms with E-state index in [1.807, 2.05) is 37.3 Å². The third-order valence-corrected chi connectivity index (χ3v) is 11.2. The molecule has 1 unspecified atom stereocenters. The van der Waals surface area contributed by atoms with Gasteiger partial charge in [-0.05, 0) is 54.9 Å². The molecule has 3 aromatic carbocycles. The van der Waals surface area contributed by atoms with Gasteiger partial charge in [0, 0.05) is 29.9 Å². The minimum atomic E-state index is -4.15. The molecule has 1 fully saturated rings. The van der Waals surface area contributed by atoms with Gasteiger partial charge in [-0.3, -0.25) is 9.59 Å². The summed E-state index contributed by atoms with van der Waals surface area (Å²) in [7, 11) is -4.15. The number of sulfone groups is 1. The highest BCUT2D eigenvalue weighted by atomic mass is 35.5. The first-order chi connectivity index (χ1) is 21.2. The number of hydrogen-bond donors (Lipinski definition) is 4. The first kappa shape index (κ1) is 34.4. The maximum Gasteiger partial charge on any atom is 0.255 e. The summed E-state index contributed by atoms with van der Waals surface area (Å²) in [6.07, 6.45) is 0.835. The second kappa shape index (κ2) is 13.9. The zero-order valence-corrected chi connectivity index (χ0v) is 26.3. The lowest BCUT2D eigenvalue weighted by atomic mass is 9.67. The molecule has 1 saturated carbocycles. The van der Waals surface area contributed by atoms with E-state index in [1.165, 1.54) is 12.1 Å². The van der Waals surface area contributed by atoms with Crippen LogP contribution in [0, 0.1) is 29.3 Å². The van der Waals surface area contributed by atoms with Crippen LogP contribution in [-0.4, -0.2) is 48.8 Å². The van der Waals surface area contributed by atoms with Crippen LogP contribution in [-0.2, 0) is 21.1 Å². The van der Waals surface area contributed by atoms with E-state index >= 15 is 0 Å². The fraction of sp³-hybridized carbons (Fsp3) is 0.375.